The fraction of sp³-hybridized carbons (Fsp3) is 0.278. The molecule has 6 heteroatoms. The van der Waals surface area contributed by atoms with Crippen LogP contribution >= 0.6 is 0 Å². The molecule has 0 aromatic heterocycles. The molecular weight excluding hydrogens is 310 g/mol. The van der Waals surface area contributed by atoms with Crippen molar-refractivity contribution < 1.29 is 23.7 Å². The van der Waals surface area contributed by atoms with Crippen molar-refractivity contribution >= 4 is 5.91 Å². The Labute approximate surface area is 139 Å². The Morgan fingerprint density at radius 3 is 2.88 bits per heavy atom. The smallest absolute Gasteiger partial charge is 0.258 e. The van der Waals surface area contributed by atoms with E-state index in [1.165, 1.54) is 0 Å². The minimum absolute atomic E-state index is 0.0703. The van der Waals surface area contributed by atoms with Crippen molar-refractivity contribution in [1.29, 1.82) is 0 Å². The van der Waals surface area contributed by atoms with Gasteiger partial charge in [0.15, 0.2) is 23.0 Å². The van der Waals surface area contributed by atoms with Gasteiger partial charge >= 0.3 is 0 Å². The van der Waals surface area contributed by atoms with Gasteiger partial charge in [0.25, 0.3) is 5.91 Å². The number of nitrogens with zero attached hydrogens (tertiary/aromatic N) is 1. The molecule has 0 fully saturated rings. The van der Waals surface area contributed by atoms with Crippen molar-refractivity contribution in [1.82, 2.24) is 4.90 Å². The van der Waals surface area contributed by atoms with Crippen LogP contribution in [0.5, 0.6) is 23.0 Å². The minimum atomic E-state index is -0.0703. The van der Waals surface area contributed by atoms with Gasteiger partial charge in [0.05, 0.1) is 19.2 Å². The highest BCUT2D eigenvalue weighted by Gasteiger charge is 2.26. The molecule has 0 bridgehead atoms. The molecule has 124 valence electrons. The predicted octanol–water partition coefficient (Wildman–Crippen LogP) is 2.46. The number of amides is 1. The van der Waals surface area contributed by atoms with E-state index in [-0.39, 0.29) is 12.7 Å². The summed E-state index contributed by atoms with van der Waals surface area (Å²) in [7, 11) is 1.57. The molecule has 1 amide bonds. The molecule has 0 saturated carbocycles. The SMILES string of the molecule is COc1cccc2c1OCCN(Cc1ccc3c(c1)OCO3)C2=O. The van der Waals surface area contributed by atoms with Crippen LogP contribution in [0.1, 0.15) is 15.9 Å². The van der Waals surface area contributed by atoms with Crippen molar-refractivity contribution in [2.24, 2.45) is 0 Å². The number of fused-ring (bicyclic) bond motifs is 2. The number of carbonyl (C=O) groups excluding carboxylic acids is 1. The molecule has 24 heavy (non-hydrogen) atoms. The van der Waals surface area contributed by atoms with Gasteiger partial charge in [-0.2, -0.15) is 0 Å². The van der Waals surface area contributed by atoms with E-state index in [1.54, 1.807) is 30.2 Å². The summed E-state index contributed by atoms with van der Waals surface area (Å²) in [6, 6.07) is 11.1. The maximum atomic E-state index is 12.9. The number of para-hydroxylation sites is 1. The lowest BCUT2D eigenvalue weighted by atomic mass is 10.1. The molecular formula is C18H17NO5. The van der Waals surface area contributed by atoms with Crippen LogP contribution in [-0.2, 0) is 6.54 Å². The van der Waals surface area contributed by atoms with Crippen molar-refractivity contribution in [3.05, 3.63) is 47.5 Å². The Morgan fingerprint density at radius 2 is 2.00 bits per heavy atom. The van der Waals surface area contributed by atoms with Crippen LogP contribution in [-0.4, -0.2) is 37.9 Å². The van der Waals surface area contributed by atoms with Gasteiger partial charge in [0, 0.05) is 6.54 Å². The van der Waals surface area contributed by atoms with Gasteiger partial charge in [-0.15, -0.1) is 0 Å². The summed E-state index contributed by atoms with van der Waals surface area (Å²) in [5.74, 6) is 2.47. The van der Waals surface area contributed by atoms with E-state index < -0.39 is 0 Å². The first-order valence-corrected chi connectivity index (χ1v) is 7.74. The monoisotopic (exact) mass is 327 g/mol. The number of hydrogen-bond acceptors (Lipinski definition) is 5. The lowest BCUT2D eigenvalue weighted by Gasteiger charge is -2.20. The van der Waals surface area contributed by atoms with Crippen LogP contribution in [0.3, 0.4) is 0 Å². The van der Waals surface area contributed by atoms with E-state index in [4.69, 9.17) is 18.9 Å². The highest BCUT2D eigenvalue weighted by molar-refractivity contribution is 5.98. The molecule has 4 rings (SSSR count). The largest absolute Gasteiger partial charge is 0.493 e. The molecule has 0 N–H and O–H groups in total. The average molecular weight is 327 g/mol. The van der Waals surface area contributed by atoms with Crippen LogP contribution in [0.25, 0.3) is 0 Å². The molecule has 0 aliphatic carbocycles. The number of methoxy groups -OCH3 is 1. The summed E-state index contributed by atoms with van der Waals surface area (Å²) in [5, 5.41) is 0. The number of benzene rings is 2. The lowest BCUT2D eigenvalue weighted by Crippen LogP contribution is -2.31. The van der Waals surface area contributed by atoms with E-state index in [0.717, 1.165) is 11.3 Å². The fourth-order valence-electron chi connectivity index (χ4n) is 2.93. The first-order valence-electron chi connectivity index (χ1n) is 7.74. The van der Waals surface area contributed by atoms with E-state index in [2.05, 4.69) is 0 Å². The van der Waals surface area contributed by atoms with Gasteiger partial charge in [-0.1, -0.05) is 12.1 Å². The number of rotatable bonds is 3. The fourth-order valence-corrected chi connectivity index (χ4v) is 2.93. The van der Waals surface area contributed by atoms with Crippen LogP contribution in [0.4, 0.5) is 0 Å². The first kappa shape index (κ1) is 14.7. The second-order valence-corrected chi connectivity index (χ2v) is 5.60. The number of ether oxygens (including phenoxy) is 4. The quantitative estimate of drug-likeness (QED) is 0.867. The Balaban J connectivity index is 1.61. The van der Waals surface area contributed by atoms with Gasteiger partial charge in [-0.25, -0.2) is 0 Å². The zero-order chi connectivity index (χ0) is 16.5. The summed E-state index contributed by atoms with van der Waals surface area (Å²) in [4.78, 5) is 14.6. The maximum absolute atomic E-state index is 12.9. The van der Waals surface area contributed by atoms with E-state index in [9.17, 15) is 4.79 Å². The molecule has 0 spiro atoms. The van der Waals surface area contributed by atoms with Crippen molar-refractivity contribution in [2.75, 3.05) is 27.1 Å². The van der Waals surface area contributed by atoms with Crippen molar-refractivity contribution in [2.45, 2.75) is 6.54 Å². The Kier molecular flexibility index (Phi) is 3.65. The molecule has 0 atom stereocenters. The minimum Gasteiger partial charge on any atom is -0.493 e. The number of carbonyl (C=O) groups is 1. The van der Waals surface area contributed by atoms with Gasteiger partial charge < -0.3 is 23.8 Å². The highest BCUT2D eigenvalue weighted by Crippen LogP contribution is 2.35. The summed E-state index contributed by atoms with van der Waals surface area (Å²) in [6.07, 6.45) is 0. The Morgan fingerprint density at radius 1 is 1.12 bits per heavy atom. The van der Waals surface area contributed by atoms with Gasteiger partial charge in [-0.05, 0) is 29.8 Å². The Bertz CT molecular complexity index is 789. The van der Waals surface area contributed by atoms with Crippen LogP contribution < -0.4 is 18.9 Å². The molecule has 0 radical (unpaired) electrons. The summed E-state index contributed by atoms with van der Waals surface area (Å²) in [5.41, 5.74) is 1.51. The standard InChI is InChI=1S/C18H17NO5/c1-21-15-4-2-3-13-17(15)22-8-7-19(18(13)20)10-12-5-6-14-16(9-12)24-11-23-14/h2-6,9H,7-8,10-11H2,1H3. The normalized spacial score (nSPS) is 15.5. The van der Waals surface area contributed by atoms with Crippen LogP contribution in [0.2, 0.25) is 0 Å². The van der Waals surface area contributed by atoms with E-state index >= 15 is 0 Å². The molecule has 2 aromatic carbocycles. The predicted molar refractivity (Wildman–Crippen MR) is 85.8 cm³/mol. The molecule has 0 unspecified atom stereocenters. The van der Waals surface area contributed by atoms with Crippen LogP contribution in [0, 0.1) is 0 Å². The summed E-state index contributed by atoms with van der Waals surface area (Å²) >= 11 is 0. The molecule has 6 nitrogen and oxygen atoms in total. The lowest BCUT2D eigenvalue weighted by molar-refractivity contribution is 0.0743. The van der Waals surface area contributed by atoms with Crippen molar-refractivity contribution in [3.63, 3.8) is 0 Å². The zero-order valence-corrected chi connectivity index (χ0v) is 13.3. The summed E-state index contributed by atoms with van der Waals surface area (Å²) < 4.78 is 21.8. The van der Waals surface area contributed by atoms with Crippen LogP contribution in [0.15, 0.2) is 36.4 Å². The second kappa shape index (κ2) is 5.96. The van der Waals surface area contributed by atoms with Gasteiger partial charge in [-0.3, -0.25) is 4.79 Å². The highest BCUT2D eigenvalue weighted by atomic mass is 16.7. The Hall–Kier alpha value is -2.89. The third kappa shape index (κ3) is 2.50. The maximum Gasteiger partial charge on any atom is 0.258 e. The molecule has 2 aliphatic heterocycles. The zero-order valence-electron chi connectivity index (χ0n) is 13.3. The van der Waals surface area contributed by atoms with E-state index in [0.29, 0.717) is 42.5 Å². The number of hydrogen-bond donors (Lipinski definition) is 0. The van der Waals surface area contributed by atoms with Crippen molar-refractivity contribution in [3.8, 4) is 23.0 Å². The second-order valence-electron chi connectivity index (χ2n) is 5.60. The molecule has 2 heterocycles. The first-order chi connectivity index (χ1) is 11.8. The molecule has 2 aliphatic rings. The topological polar surface area (TPSA) is 57.2 Å². The molecule has 2 aromatic rings. The average Bonchev–Trinajstić information content (AvgIpc) is 3.01. The third-order valence-corrected chi connectivity index (χ3v) is 4.13. The van der Waals surface area contributed by atoms with Gasteiger partial charge in [0.1, 0.15) is 6.61 Å². The molecule has 0 saturated heterocycles. The summed E-state index contributed by atoms with van der Waals surface area (Å²) in [6.45, 7) is 1.65. The van der Waals surface area contributed by atoms with E-state index in [1.807, 2.05) is 18.2 Å². The third-order valence-electron chi connectivity index (χ3n) is 4.13. The van der Waals surface area contributed by atoms with Gasteiger partial charge in [0.2, 0.25) is 6.79 Å².